The first-order chi connectivity index (χ1) is 12.8. The summed E-state index contributed by atoms with van der Waals surface area (Å²) in [5.74, 6) is 0.232. The largest absolute Gasteiger partial charge is 0.414 e. The molecule has 0 fully saturated rings. The van der Waals surface area contributed by atoms with Crippen LogP contribution in [-0.2, 0) is 16.8 Å². The first kappa shape index (κ1) is 21.0. The molecule has 2 N–H and O–H groups in total. The van der Waals surface area contributed by atoms with E-state index in [2.05, 4.69) is 41.6 Å². The SMILES string of the molecule is CCCNC(=O)CSc1nnc(CNC(=O)c2ccc(C(C)(C)C)cc2)o1. The minimum Gasteiger partial charge on any atom is -0.414 e. The van der Waals surface area contributed by atoms with Gasteiger partial charge in [0.25, 0.3) is 11.1 Å². The molecule has 0 radical (unpaired) electrons. The van der Waals surface area contributed by atoms with Gasteiger partial charge in [-0.3, -0.25) is 9.59 Å². The van der Waals surface area contributed by atoms with Gasteiger partial charge in [-0.15, -0.1) is 10.2 Å². The Balaban J connectivity index is 1.82. The van der Waals surface area contributed by atoms with Crippen molar-refractivity contribution in [2.75, 3.05) is 12.3 Å². The Bertz CT molecular complexity index is 766. The maximum absolute atomic E-state index is 12.2. The Morgan fingerprint density at radius 3 is 2.44 bits per heavy atom. The molecule has 7 nitrogen and oxygen atoms in total. The zero-order valence-corrected chi connectivity index (χ0v) is 17.0. The van der Waals surface area contributed by atoms with Crippen molar-refractivity contribution in [1.82, 2.24) is 20.8 Å². The molecule has 0 aliphatic carbocycles. The summed E-state index contributed by atoms with van der Waals surface area (Å²) in [4.78, 5) is 23.8. The molecule has 0 aliphatic heterocycles. The van der Waals surface area contributed by atoms with Crippen LogP contribution in [0.1, 0.15) is 55.9 Å². The zero-order valence-electron chi connectivity index (χ0n) is 16.2. The van der Waals surface area contributed by atoms with E-state index >= 15 is 0 Å². The molecule has 0 unspecified atom stereocenters. The average molecular weight is 391 g/mol. The van der Waals surface area contributed by atoms with E-state index in [-0.39, 0.29) is 29.5 Å². The molecule has 2 amide bonds. The second kappa shape index (κ2) is 9.55. The highest BCUT2D eigenvalue weighted by Gasteiger charge is 2.15. The third-order valence-corrected chi connectivity index (χ3v) is 4.58. The number of hydrogen-bond donors (Lipinski definition) is 2. The quantitative estimate of drug-likeness (QED) is 0.673. The number of nitrogens with one attached hydrogen (secondary N) is 2. The molecular formula is C19H26N4O3S. The standard InChI is InChI=1S/C19H26N4O3S/c1-5-10-20-15(24)12-27-18-23-22-16(26-18)11-21-17(25)13-6-8-14(9-7-13)19(2,3)4/h6-9H,5,10-12H2,1-4H3,(H,20,24)(H,21,25). The summed E-state index contributed by atoms with van der Waals surface area (Å²) >= 11 is 1.17. The number of carbonyl (C=O) groups is 2. The zero-order chi connectivity index (χ0) is 19.9. The van der Waals surface area contributed by atoms with Gasteiger partial charge in [0.05, 0.1) is 12.3 Å². The third kappa shape index (κ3) is 6.71. The van der Waals surface area contributed by atoms with Gasteiger partial charge in [-0.2, -0.15) is 0 Å². The Morgan fingerprint density at radius 2 is 1.81 bits per heavy atom. The number of amides is 2. The predicted molar refractivity (Wildman–Crippen MR) is 105 cm³/mol. The molecule has 27 heavy (non-hydrogen) atoms. The highest BCUT2D eigenvalue weighted by molar-refractivity contribution is 7.99. The van der Waals surface area contributed by atoms with Gasteiger partial charge >= 0.3 is 0 Å². The summed E-state index contributed by atoms with van der Waals surface area (Å²) in [6, 6.07) is 7.53. The van der Waals surface area contributed by atoms with Crippen LogP contribution in [0.2, 0.25) is 0 Å². The minimum atomic E-state index is -0.207. The van der Waals surface area contributed by atoms with Gasteiger partial charge < -0.3 is 15.1 Å². The Morgan fingerprint density at radius 1 is 1.11 bits per heavy atom. The average Bonchev–Trinajstić information content (AvgIpc) is 3.10. The van der Waals surface area contributed by atoms with Crippen LogP contribution in [0.4, 0.5) is 0 Å². The highest BCUT2D eigenvalue weighted by Crippen LogP contribution is 2.22. The molecule has 2 rings (SSSR count). The van der Waals surface area contributed by atoms with Gasteiger partial charge in [-0.25, -0.2) is 0 Å². The number of hydrogen-bond acceptors (Lipinski definition) is 6. The summed E-state index contributed by atoms with van der Waals surface area (Å²) in [6.45, 7) is 9.15. The van der Waals surface area contributed by atoms with Gasteiger partial charge in [0, 0.05) is 12.1 Å². The summed E-state index contributed by atoms with van der Waals surface area (Å²) in [6.07, 6.45) is 0.889. The smallest absolute Gasteiger partial charge is 0.277 e. The normalized spacial score (nSPS) is 11.3. The molecule has 0 spiro atoms. The molecule has 2 aromatic rings. The molecule has 1 heterocycles. The summed E-state index contributed by atoms with van der Waals surface area (Å²) < 4.78 is 5.43. The van der Waals surface area contributed by atoms with E-state index in [1.54, 1.807) is 12.1 Å². The first-order valence-electron chi connectivity index (χ1n) is 8.90. The van der Waals surface area contributed by atoms with Crippen molar-refractivity contribution in [3.63, 3.8) is 0 Å². The molecule has 0 bridgehead atoms. The van der Waals surface area contributed by atoms with Crippen LogP contribution in [-0.4, -0.2) is 34.3 Å². The van der Waals surface area contributed by atoms with Crippen LogP contribution in [0.5, 0.6) is 0 Å². The third-order valence-electron chi connectivity index (χ3n) is 3.76. The number of thioether (sulfide) groups is 1. The molecule has 1 aromatic carbocycles. The fourth-order valence-electron chi connectivity index (χ4n) is 2.19. The second-order valence-corrected chi connectivity index (χ2v) is 8.04. The van der Waals surface area contributed by atoms with E-state index in [0.717, 1.165) is 6.42 Å². The van der Waals surface area contributed by atoms with Crippen molar-refractivity contribution in [3.05, 3.63) is 41.3 Å². The fourth-order valence-corrected chi connectivity index (χ4v) is 2.80. The summed E-state index contributed by atoms with van der Waals surface area (Å²) in [5.41, 5.74) is 1.78. The van der Waals surface area contributed by atoms with E-state index in [4.69, 9.17) is 4.42 Å². The van der Waals surface area contributed by atoms with Crippen molar-refractivity contribution < 1.29 is 14.0 Å². The number of nitrogens with zero attached hydrogens (tertiary/aromatic N) is 2. The number of rotatable bonds is 8. The molecule has 0 aliphatic rings. The predicted octanol–water partition coefficient (Wildman–Crippen LogP) is 2.92. The first-order valence-corrected chi connectivity index (χ1v) is 9.88. The van der Waals surface area contributed by atoms with E-state index in [9.17, 15) is 9.59 Å². The van der Waals surface area contributed by atoms with E-state index in [1.165, 1.54) is 17.3 Å². The Kier molecular flexibility index (Phi) is 7.41. The second-order valence-electron chi connectivity index (χ2n) is 7.11. The van der Waals surface area contributed by atoms with Gasteiger partial charge in [0.1, 0.15) is 0 Å². The van der Waals surface area contributed by atoms with Crippen molar-refractivity contribution >= 4 is 23.6 Å². The molecule has 8 heteroatoms. The highest BCUT2D eigenvalue weighted by atomic mass is 32.2. The maximum atomic E-state index is 12.2. The summed E-state index contributed by atoms with van der Waals surface area (Å²) in [5, 5.41) is 13.6. The number of aromatic nitrogens is 2. The molecular weight excluding hydrogens is 364 g/mol. The lowest BCUT2D eigenvalue weighted by Gasteiger charge is -2.18. The lowest BCUT2D eigenvalue weighted by molar-refractivity contribution is -0.118. The lowest BCUT2D eigenvalue weighted by Crippen LogP contribution is -2.25. The molecule has 146 valence electrons. The van der Waals surface area contributed by atoms with Crippen molar-refractivity contribution in [2.45, 2.75) is 51.3 Å². The van der Waals surface area contributed by atoms with E-state index in [0.29, 0.717) is 23.2 Å². The van der Waals surface area contributed by atoms with Crippen LogP contribution >= 0.6 is 11.8 Å². The van der Waals surface area contributed by atoms with Crippen LogP contribution in [0.25, 0.3) is 0 Å². The van der Waals surface area contributed by atoms with Gasteiger partial charge in [-0.05, 0) is 29.5 Å². The van der Waals surface area contributed by atoms with Crippen LogP contribution < -0.4 is 10.6 Å². The van der Waals surface area contributed by atoms with Crippen LogP contribution in [0.15, 0.2) is 33.9 Å². The molecule has 0 atom stereocenters. The number of carbonyl (C=O) groups excluding carboxylic acids is 2. The fraction of sp³-hybridized carbons (Fsp3) is 0.474. The van der Waals surface area contributed by atoms with Crippen molar-refractivity contribution in [1.29, 1.82) is 0 Å². The monoisotopic (exact) mass is 390 g/mol. The van der Waals surface area contributed by atoms with E-state index in [1.807, 2.05) is 19.1 Å². The molecule has 0 saturated carbocycles. The van der Waals surface area contributed by atoms with Crippen LogP contribution in [0.3, 0.4) is 0 Å². The van der Waals surface area contributed by atoms with Crippen LogP contribution in [0, 0.1) is 0 Å². The Hall–Kier alpha value is -2.35. The van der Waals surface area contributed by atoms with E-state index < -0.39 is 0 Å². The molecule has 0 saturated heterocycles. The summed E-state index contributed by atoms with van der Waals surface area (Å²) in [7, 11) is 0. The minimum absolute atomic E-state index is 0.0419. The van der Waals surface area contributed by atoms with Gasteiger partial charge in [-0.1, -0.05) is 51.6 Å². The van der Waals surface area contributed by atoms with Crippen molar-refractivity contribution in [3.8, 4) is 0 Å². The Labute approximate surface area is 163 Å². The van der Waals surface area contributed by atoms with Gasteiger partial charge in [0.15, 0.2) is 0 Å². The topological polar surface area (TPSA) is 97.1 Å². The maximum Gasteiger partial charge on any atom is 0.277 e. The molecule has 1 aromatic heterocycles. The number of benzene rings is 1. The van der Waals surface area contributed by atoms with Crippen molar-refractivity contribution in [2.24, 2.45) is 0 Å². The lowest BCUT2D eigenvalue weighted by atomic mass is 9.87. The van der Waals surface area contributed by atoms with Gasteiger partial charge in [0.2, 0.25) is 11.8 Å².